The van der Waals surface area contributed by atoms with E-state index in [1.807, 2.05) is 6.92 Å². The van der Waals surface area contributed by atoms with E-state index in [-0.39, 0.29) is 6.54 Å². The summed E-state index contributed by atoms with van der Waals surface area (Å²) >= 11 is 0. The molecule has 20 heavy (non-hydrogen) atoms. The molecule has 4 N–H and O–H groups in total. The molecule has 0 fully saturated rings. The molecule has 0 aliphatic carbocycles. The first-order valence-electron chi connectivity index (χ1n) is 6.23. The first-order chi connectivity index (χ1) is 8.97. The van der Waals surface area contributed by atoms with Gasteiger partial charge in [-0.05, 0) is 20.3 Å². The summed E-state index contributed by atoms with van der Waals surface area (Å²) in [6.45, 7) is 5.06. The number of hydrogen-bond acceptors (Lipinski definition) is 4. The van der Waals surface area contributed by atoms with Gasteiger partial charge >= 0.3 is 12.0 Å². The number of nitrogens with one attached hydrogen (secondary N) is 3. The predicted octanol–water partition coefficient (Wildman–Crippen LogP) is -0.133. The second-order valence-corrected chi connectivity index (χ2v) is 7.01. The van der Waals surface area contributed by atoms with E-state index in [4.69, 9.17) is 5.11 Å². The van der Waals surface area contributed by atoms with Gasteiger partial charge in [-0.1, -0.05) is 13.3 Å². The van der Waals surface area contributed by atoms with Gasteiger partial charge in [-0.3, -0.25) is 0 Å². The molecular weight excluding hydrogens is 286 g/mol. The van der Waals surface area contributed by atoms with Crippen molar-refractivity contribution in [3.05, 3.63) is 0 Å². The predicted molar refractivity (Wildman–Crippen MR) is 74.9 cm³/mol. The molecule has 0 spiro atoms. The maximum Gasteiger partial charge on any atom is 0.326 e. The summed E-state index contributed by atoms with van der Waals surface area (Å²) in [6.07, 6.45) is 1.97. The van der Waals surface area contributed by atoms with E-state index < -0.39 is 33.6 Å². The highest BCUT2D eigenvalue weighted by Gasteiger charge is 2.24. The van der Waals surface area contributed by atoms with Crippen LogP contribution in [0.5, 0.6) is 0 Å². The van der Waals surface area contributed by atoms with Crippen LogP contribution in [0.1, 0.15) is 33.6 Å². The molecule has 0 heterocycles. The van der Waals surface area contributed by atoms with Crippen LogP contribution in [-0.2, 0) is 14.8 Å². The van der Waals surface area contributed by atoms with Crippen molar-refractivity contribution in [2.45, 2.75) is 45.2 Å². The molecule has 1 atom stereocenters. The van der Waals surface area contributed by atoms with E-state index in [1.165, 1.54) is 0 Å². The Hall–Kier alpha value is -1.35. The molecule has 0 unspecified atom stereocenters. The van der Waals surface area contributed by atoms with Crippen molar-refractivity contribution in [3.8, 4) is 0 Å². The Morgan fingerprint density at radius 3 is 2.25 bits per heavy atom. The van der Waals surface area contributed by atoms with Crippen LogP contribution in [0.2, 0.25) is 0 Å². The highest BCUT2D eigenvalue weighted by atomic mass is 32.2. The fourth-order valence-electron chi connectivity index (χ4n) is 1.59. The van der Waals surface area contributed by atoms with Crippen LogP contribution in [-0.4, -0.2) is 49.9 Å². The molecule has 0 aromatic rings. The lowest BCUT2D eigenvalue weighted by Crippen LogP contribution is -2.54. The first-order valence-corrected chi connectivity index (χ1v) is 8.12. The van der Waals surface area contributed by atoms with Crippen molar-refractivity contribution in [1.29, 1.82) is 0 Å². The lowest BCUT2D eigenvalue weighted by Gasteiger charge is -2.25. The number of rotatable bonds is 8. The third-order valence-electron chi connectivity index (χ3n) is 2.33. The van der Waals surface area contributed by atoms with E-state index in [0.29, 0.717) is 12.8 Å². The van der Waals surface area contributed by atoms with Crippen LogP contribution in [0.15, 0.2) is 0 Å². The van der Waals surface area contributed by atoms with Crippen LogP contribution in [0, 0.1) is 0 Å². The van der Waals surface area contributed by atoms with Crippen molar-refractivity contribution in [1.82, 2.24) is 15.4 Å². The number of aliphatic carboxylic acids is 1. The van der Waals surface area contributed by atoms with Gasteiger partial charge in [0.05, 0.1) is 6.26 Å². The lowest BCUT2D eigenvalue weighted by molar-refractivity contribution is -0.139. The second-order valence-electron chi connectivity index (χ2n) is 5.26. The molecule has 0 saturated carbocycles. The maximum absolute atomic E-state index is 11.6. The van der Waals surface area contributed by atoms with E-state index >= 15 is 0 Å². The largest absolute Gasteiger partial charge is 0.480 e. The minimum absolute atomic E-state index is 0.0321. The van der Waals surface area contributed by atoms with Crippen molar-refractivity contribution < 1.29 is 23.1 Å². The normalized spacial score (nSPS) is 13.6. The highest BCUT2D eigenvalue weighted by Crippen LogP contribution is 2.02. The molecule has 0 saturated heterocycles. The highest BCUT2D eigenvalue weighted by molar-refractivity contribution is 7.88. The zero-order chi connectivity index (χ0) is 16.0. The van der Waals surface area contributed by atoms with Gasteiger partial charge in [-0.25, -0.2) is 22.7 Å². The lowest BCUT2D eigenvalue weighted by atomic mass is 10.1. The number of carboxylic acid groups (broad SMARTS) is 1. The molecule has 118 valence electrons. The number of carboxylic acids is 1. The topological polar surface area (TPSA) is 125 Å². The maximum atomic E-state index is 11.6. The first kappa shape index (κ1) is 18.7. The van der Waals surface area contributed by atoms with Gasteiger partial charge in [0.2, 0.25) is 10.0 Å². The van der Waals surface area contributed by atoms with Gasteiger partial charge in [0.1, 0.15) is 6.04 Å². The quantitative estimate of drug-likeness (QED) is 0.497. The van der Waals surface area contributed by atoms with Crippen molar-refractivity contribution in [2.24, 2.45) is 0 Å². The summed E-state index contributed by atoms with van der Waals surface area (Å²) in [5.41, 5.74) is -0.867. The number of hydrogen-bond donors (Lipinski definition) is 4. The number of sulfonamides is 1. The summed E-state index contributed by atoms with van der Waals surface area (Å²) in [7, 11) is -3.39. The minimum Gasteiger partial charge on any atom is -0.480 e. The Morgan fingerprint density at radius 1 is 1.30 bits per heavy atom. The summed E-state index contributed by atoms with van der Waals surface area (Å²) in [4.78, 5) is 22.5. The van der Waals surface area contributed by atoms with E-state index in [1.54, 1.807) is 13.8 Å². The Labute approximate surface area is 119 Å². The number of amides is 2. The van der Waals surface area contributed by atoms with Gasteiger partial charge < -0.3 is 15.7 Å². The van der Waals surface area contributed by atoms with Gasteiger partial charge in [-0.15, -0.1) is 0 Å². The summed E-state index contributed by atoms with van der Waals surface area (Å²) in [6, 6.07) is -1.60. The standard InChI is InChI=1S/C11H23N3O5S/c1-5-6-8(9(15)16)13-10(17)12-7-11(2,3)14-20(4,18)19/h8,14H,5-7H2,1-4H3,(H,15,16)(H2,12,13,17)/t8-/m1/s1. The number of carbonyl (C=O) groups is 2. The van der Waals surface area contributed by atoms with Crippen LogP contribution >= 0.6 is 0 Å². The van der Waals surface area contributed by atoms with Gasteiger partial charge in [0.15, 0.2) is 0 Å². The third kappa shape index (κ3) is 8.70. The van der Waals surface area contributed by atoms with E-state index in [2.05, 4.69) is 15.4 Å². The molecule has 0 aliphatic heterocycles. The number of carbonyl (C=O) groups excluding carboxylic acids is 1. The van der Waals surface area contributed by atoms with Crippen molar-refractivity contribution >= 4 is 22.0 Å². The Balaban J connectivity index is 4.37. The molecule has 0 aliphatic rings. The Bertz CT molecular complexity index is 447. The fourth-order valence-corrected chi connectivity index (χ4v) is 2.67. The fraction of sp³-hybridized carbons (Fsp3) is 0.818. The molecule has 2 amide bonds. The minimum atomic E-state index is -3.39. The average Bonchev–Trinajstić information content (AvgIpc) is 2.22. The smallest absolute Gasteiger partial charge is 0.326 e. The third-order valence-corrected chi connectivity index (χ3v) is 3.26. The molecular formula is C11H23N3O5S. The molecule has 0 aromatic carbocycles. The van der Waals surface area contributed by atoms with Gasteiger partial charge in [-0.2, -0.15) is 0 Å². The van der Waals surface area contributed by atoms with Gasteiger partial charge in [0.25, 0.3) is 0 Å². The van der Waals surface area contributed by atoms with Crippen LogP contribution < -0.4 is 15.4 Å². The van der Waals surface area contributed by atoms with Gasteiger partial charge in [0, 0.05) is 12.1 Å². The van der Waals surface area contributed by atoms with Crippen molar-refractivity contribution in [3.63, 3.8) is 0 Å². The average molecular weight is 309 g/mol. The Kier molecular flexibility index (Phi) is 6.94. The van der Waals surface area contributed by atoms with Crippen LogP contribution in [0.25, 0.3) is 0 Å². The SMILES string of the molecule is CCC[C@@H](NC(=O)NCC(C)(C)NS(C)(=O)=O)C(=O)O. The zero-order valence-electron chi connectivity index (χ0n) is 12.2. The van der Waals surface area contributed by atoms with Crippen molar-refractivity contribution in [2.75, 3.05) is 12.8 Å². The monoisotopic (exact) mass is 309 g/mol. The van der Waals surface area contributed by atoms with Crippen LogP contribution in [0.4, 0.5) is 4.79 Å². The zero-order valence-corrected chi connectivity index (χ0v) is 13.0. The molecule has 9 heteroatoms. The molecule has 0 bridgehead atoms. The Morgan fingerprint density at radius 2 is 1.85 bits per heavy atom. The number of urea groups is 1. The molecule has 8 nitrogen and oxygen atoms in total. The molecule has 0 rings (SSSR count). The van der Waals surface area contributed by atoms with Crippen LogP contribution in [0.3, 0.4) is 0 Å². The molecule has 0 radical (unpaired) electrons. The summed E-state index contributed by atoms with van der Waals surface area (Å²) in [5, 5.41) is 13.7. The van der Waals surface area contributed by atoms with E-state index in [0.717, 1.165) is 6.26 Å². The summed E-state index contributed by atoms with van der Waals surface area (Å²) < 4.78 is 24.6. The van der Waals surface area contributed by atoms with E-state index in [9.17, 15) is 18.0 Å². The summed E-state index contributed by atoms with van der Waals surface area (Å²) in [5.74, 6) is -1.10. The molecule has 0 aromatic heterocycles. The second kappa shape index (κ2) is 7.44.